The Hall–Kier alpha value is -1.40. The highest BCUT2D eigenvalue weighted by atomic mass is 16.4. The molecule has 1 aliphatic heterocycles. The Labute approximate surface area is 113 Å². The van der Waals surface area contributed by atoms with Crippen LogP contribution in [-0.4, -0.2) is 51.4 Å². The number of hydrogen-bond donors (Lipinski definition) is 2. The van der Waals surface area contributed by atoms with Crippen LogP contribution in [0.1, 0.15) is 35.8 Å². The summed E-state index contributed by atoms with van der Waals surface area (Å²) in [6, 6.07) is 0.482. The van der Waals surface area contributed by atoms with E-state index in [9.17, 15) is 9.90 Å². The van der Waals surface area contributed by atoms with Crippen molar-refractivity contribution in [1.29, 1.82) is 0 Å². The van der Waals surface area contributed by atoms with Crippen molar-refractivity contribution in [2.45, 2.75) is 32.4 Å². The molecule has 1 aromatic rings. The van der Waals surface area contributed by atoms with E-state index in [2.05, 4.69) is 22.2 Å². The van der Waals surface area contributed by atoms with Crippen LogP contribution in [0.3, 0.4) is 0 Å². The number of likely N-dealkylation sites (N-methyl/N-ethyl adjacent to an activating group) is 1. The topological polar surface area (TPSA) is 70.4 Å². The maximum Gasteiger partial charge on any atom is 0.339 e. The molecule has 0 amide bonds. The van der Waals surface area contributed by atoms with E-state index < -0.39 is 5.97 Å². The Bertz CT molecular complexity index is 438. The minimum Gasteiger partial charge on any atom is -0.478 e. The van der Waals surface area contributed by atoms with Gasteiger partial charge in [-0.05, 0) is 25.9 Å². The van der Waals surface area contributed by atoms with E-state index in [1.54, 1.807) is 11.7 Å². The van der Waals surface area contributed by atoms with E-state index in [0.717, 1.165) is 25.3 Å². The fourth-order valence-corrected chi connectivity index (χ4v) is 2.67. The summed E-state index contributed by atoms with van der Waals surface area (Å²) in [5.41, 5.74) is 1.09. The average Bonchev–Trinajstić information content (AvgIpc) is 2.78. The molecule has 2 N–H and O–H groups in total. The van der Waals surface area contributed by atoms with Crippen LogP contribution in [0.15, 0.2) is 6.20 Å². The summed E-state index contributed by atoms with van der Waals surface area (Å²) in [6.07, 6.45) is 3.78. The minimum atomic E-state index is -0.902. The van der Waals surface area contributed by atoms with Gasteiger partial charge in [0.25, 0.3) is 0 Å². The minimum absolute atomic E-state index is 0.310. The lowest BCUT2D eigenvalue weighted by atomic mass is 10.1. The van der Waals surface area contributed by atoms with Crippen LogP contribution < -0.4 is 5.32 Å². The molecule has 0 spiro atoms. The zero-order valence-electron chi connectivity index (χ0n) is 11.6. The molecule has 0 bridgehead atoms. The second-order valence-corrected chi connectivity index (χ2v) is 5.00. The molecule has 1 fully saturated rings. The summed E-state index contributed by atoms with van der Waals surface area (Å²) < 4.78 is 1.67. The van der Waals surface area contributed by atoms with Crippen LogP contribution in [0.2, 0.25) is 0 Å². The molecule has 2 rings (SSSR count). The first-order valence-corrected chi connectivity index (χ1v) is 6.82. The van der Waals surface area contributed by atoms with Gasteiger partial charge in [-0.15, -0.1) is 0 Å². The van der Waals surface area contributed by atoms with E-state index >= 15 is 0 Å². The van der Waals surface area contributed by atoms with Crippen LogP contribution in [0.5, 0.6) is 0 Å². The van der Waals surface area contributed by atoms with Gasteiger partial charge >= 0.3 is 5.97 Å². The van der Waals surface area contributed by atoms with Crippen molar-refractivity contribution >= 4 is 5.97 Å². The SMILES string of the molecule is CCN(Cc1c(C(=O)O)cnn1C)C1CCCNC1. The number of piperidine rings is 1. The number of nitrogens with zero attached hydrogens (tertiary/aromatic N) is 3. The van der Waals surface area contributed by atoms with Crippen molar-refractivity contribution in [2.75, 3.05) is 19.6 Å². The molecule has 1 aliphatic rings. The molecule has 0 aliphatic carbocycles. The quantitative estimate of drug-likeness (QED) is 0.820. The second-order valence-electron chi connectivity index (χ2n) is 5.00. The fourth-order valence-electron chi connectivity index (χ4n) is 2.67. The third kappa shape index (κ3) is 3.13. The summed E-state index contributed by atoms with van der Waals surface area (Å²) in [5, 5.41) is 16.7. The number of aromatic carboxylic acids is 1. The van der Waals surface area contributed by atoms with Crippen LogP contribution in [0.4, 0.5) is 0 Å². The van der Waals surface area contributed by atoms with Gasteiger partial charge in [0.15, 0.2) is 0 Å². The third-order valence-corrected chi connectivity index (χ3v) is 3.84. The summed E-state index contributed by atoms with van der Waals surface area (Å²) in [5.74, 6) is -0.902. The summed E-state index contributed by atoms with van der Waals surface area (Å²) in [6.45, 7) is 5.73. The lowest BCUT2D eigenvalue weighted by Gasteiger charge is -2.33. The van der Waals surface area contributed by atoms with Crippen molar-refractivity contribution in [1.82, 2.24) is 20.0 Å². The van der Waals surface area contributed by atoms with Gasteiger partial charge in [0.05, 0.1) is 11.9 Å². The van der Waals surface area contributed by atoms with E-state index in [1.165, 1.54) is 19.0 Å². The molecule has 19 heavy (non-hydrogen) atoms. The molecule has 1 aromatic heterocycles. The third-order valence-electron chi connectivity index (χ3n) is 3.84. The number of rotatable bonds is 5. The fraction of sp³-hybridized carbons (Fsp3) is 0.692. The summed E-state index contributed by atoms with van der Waals surface area (Å²) in [4.78, 5) is 13.5. The van der Waals surface area contributed by atoms with Gasteiger partial charge in [-0.1, -0.05) is 6.92 Å². The second kappa shape index (κ2) is 6.16. The van der Waals surface area contributed by atoms with Crippen LogP contribution in [0.25, 0.3) is 0 Å². The Morgan fingerprint density at radius 1 is 1.68 bits per heavy atom. The summed E-state index contributed by atoms with van der Waals surface area (Å²) in [7, 11) is 1.80. The zero-order valence-corrected chi connectivity index (χ0v) is 11.6. The van der Waals surface area contributed by atoms with Gasteiger partial charge < -0.3 is 10.4 Å². The number of carboxylic acids is 1. The lowest BCUT2D eigenvalue weighted by molar-refractivity contribution is 0.0692. The van der Waals surface area contributed by atoms with Gasteiger partial charge in [-0.25, -0.2) is 4.79 Å². The van der Waals surface area contributed by atoms with Crippen LogP contribution in [-0.2, 0) is 13.6 Å². The number of aryl methyl sites for hydroxylation is 1. The maximum atomic E-state index is 11.2. The molecule has 1 unspecified atom stereocenters. The first-order chi connectivity index (χ1) is 9.13. The van der Waals surface area contributed by atoms with Gasteiger partial charge in [-0.3, -0.25) is 9.58 Å². The standard InChI is InChI=1S/C13H22N4O2/c1-3-17(10-5-4-6-14-7-10)9-12-11(13(18)19)8-15-16(12)2/h8,10,14H,3-7,9H2,1-2H3,(H,18,19). The predicted molar refractivity (Wildman–Crippen MR) is 72.1 cm³/mol. The molecule has 6 nitrogen and oxygen atoms in total. The Morgan fingerprint density at radius 3 is 3.05 bits per heavy atom. The molecule has 1 atom stereocenters. The Morgan fingerprint density at radius 2 is 2.47 bits per heavy atom. The summed E-state index contributed by atoms with van der Waals surface area (Å²) >= 11 is 0. The monoisotopic (exact) mass is 266 g/mol. The Kier molecular flexibility index (Phi) is 4.55. The van der Waals surface area contributed by atoms with Gasteiger partial charge in [0.2, 0.25) is 0 Å². The van der Waals surface area contributed by atoms with Crippen molar-refractivity contribution in [3.63, 3.8) is 0 Å². The molecule has 106 valence electrons. The molecule has 0 radical (unpaired) electrons. The smallest absolute Gasteiger partial charge is 0.339 e. The maximum absolute atomic E-state index is 11.2. The van der Waals surface area contributed by atoms with E-state index in [1.807, 2.05) is 0 Å². The highest BCUT2D eigenvalue weighted by molar-refractivity contribution is 5.88. The van der Waals surface area contributed by atoms with Crippen molar-refractivity contribution in [3.8, 4) is 0 Å². The lowest BCUT2D eigenvalue weighted by Crippen LogP contribution is -2.45. The molecule has 0 aromatic carbocycles. The number of hydrogen-bond acceptors (Lipinski definition) is 4. The number of nitrogens with one attached hydrogen (secondary N) is 1. The van der Waals surface area contributed by atoms with E-state index in [0.29, 0.717) is 18.2 Å². The van der Waals surface area contributed by atoms with Crippen molar-refractivity contribution < 1.29 is 9.90 Å². The van der Waals surface area contributed by atoms with Crippen LogP contribution >= 0.6 is 0 Å². The highest BCUT2D eigenvalue weighted by Crippen LogP contribution is 2.16. The molecule has 6 heteroatoms. The first-order valence-electron chi connectivity index (χ1n) is 6.82. The molecule has 1 saturated heterocycles. The first kappa shape index (κ1) is 14.0. The predicted octanol–water partition coefficient (Wildman–Crippen LogP) is 0.692. The molecule has 2 heterocycles. The van der Waals surface area contributed by atoms with E-state index in [-0.39, 0.29) is 0 Å². The molecular weight excluding hydrogens is 244 g/mol. The van der Waals surface area contributed by atoms with Crippen molar-refractivity contribution in [2.24, 2.45) is 7.05 Å². The van der Waals surface area contributed by atoms with Gasteiger partial charge in [0, 0.05) is 26.2 Å². The van der Waals surface area contributed by atoms with E-state index in [4.69, 9.17) is 0 Å². The number of aromatic nitrogens is 2. The van der Waals surface area contributed by atoms with Crippen LogP contribution in [0, 0.1) is 0 Å². The molecular formula is C13H22N4O2. The normalized spacial score (nSPS) is 19.8. The largest absolute Gasteiger partial charge is 0.478 e. The number of carbonyl (C=O) groups is 1. The molecule has 0 saturated carbocycles. The van der Waals surface area contributed by atoms with Crippen molar-refractivity contribution in [3.05, 3.63) is 17.5 Å². The average molecular weight is 266 g/mol. The zero-order chi connectivity index (χ0) is 13.8. The van der Waals surface area contributed by atoms with Gasteiger partial charge in [0.1, 0.15) is 5.56 Å². The number of carboxylic acid groups (broad SMARTS) is 1. The Balaban J connectivity index is 2.13. The highest BCUT2D eigenvalue weighted by Gasteiger charge is 2.23. The van der Waals surface area contributed by atoms with Gasteiger partial charge in [-0.2, -0.15) is 5.10 Å².